The molecule has 1 aliphatic heterocycles. The molecule has 1 aliphatic rings. The van der Waals surface area contributed by atoms with Crippen molar-refractivity contribution >= 4 is 34.7 Å². The van der Waals surface area contributed by atoms with Crippen molar-refractivity contribution in [3.8, 4) is 0 Å². The monoisotopic (exact) mass is 563 g/mol. The van der Waals surface area contributed by atoms with Crippen LogP contribution < -0.4 is 21.3 Å². The molecule has 0 unspecified atom stereocenters. The van der Waals surface area contributed by atoms with Crippen LogP contribution in [0.3, 0.4) is 0 Å². The second kappa shape index (κ2) is 12.2. The van der Waals surface area contributed by atoms with E-state index in [2.05, 4.69) is 20.7 Å². The third-order valence-electron chi connectivity index (χ3n) is 5.24. The second-order valence-corrected chi connectivity index (χ2v) is 7.94. The summed E-state index contributed by atoms with van der Waals surface area (Å²) < 4.78 is 79.7. The van der Waals surface area contributed by atoms with Crippen LogP contribution in [0.4, 0.5) is 43.5 Å². The van der Waals surface area contributed by atoms with Gasteiger partial charge in [0, 0.05) is 38.1 Å². The van der Waals surface area contributed by atoms with Crippen molar-refractivity contribution in [1.82, 2.24) is 14.6 Å². The number of halogens is 6. The smallest absolute Gasteiger partial charge is 0.475 e. The summed E-state index contributed by atoms with van der Waals surface area (Å²) in [6, 6.07) is 5.52. The number of amides is 1. The van der Waals surface area contributed by atoms with E-state index in [1.165, 1.54) is 16.8 Å². The van der Waals surface area contributed by atoms with Gasteiger partial charge in [-0.25, -0.2) is 14.3 Å². The highest BCUT2D eigenvalue weighted by atomic mass is 19.4. The van der Waals surface area contributed by atoms with E-state index in [9.17, 15) is 31.1 Å². The fourth-order valence-electron chi connectivity index (χ4n) is 3.41. The Labute approximate surface area is 216 Å². The van der Waals surface area contributed by atoms with Gasteiger partial charge in [-0.2, -0.15) is 31.4 Å². The van der Waals surface area contributed by atoms with E-state index in [-0.39, 0.29) is 16.9 Å². The normalized spacial score (nSPS) is 14.0. The lowest BCUT2D eigenvalue weighted by Gasteiger charge is -2.29. The molecule has 0 radical (unpaired) electrons. The molecule has 17 heteroatoms. The maximum Gasteiger partial charge on any atom is 0.490 e. The molecule has 11 nitrogen and oxygen atoms in total. The molecule has 0 bridgehead atoms. The predicted octanol–water partition coefficient (Wildman–Crippen LogP) is 2.84. The molecular weight excluding hydrogens is 540 g/mol. The van der Waals surface area contributed by atoms with Gasteiger partial charge in [-0.15, -0.1) is 0 Å². The van der Waals surface area contributed by atoms with Crippen molar-refractivity contribution in [2.75, 3.05) is 54.9 Å². The van der Waals surface area contributed by atoms with Gasteiger partial charge in [0.05, 0.1) is 30.7 Å². The summed E-state index contributed by atoms with van der Waals surface area (Å²) in [5.74, 6) is -3.02. The molecule has 212 valence electrons. The number of carboxylic acids is 1. The van der Waals surface area contributed by atoms with E-state index >= 15 is 0 Å². The Hall–Kier alpha value is -4.12. The van der Waals surface area contributed by atoms with Gasteiger partial charge in [0.1, 0.15) is 11.4 Å². The number of aliphatic carboxylic acids is 1. The largest absolute Gasteiger partial charge is 0.490 e. The number of hydrogen-bond donors (Lipinski definition) is 4. The van der Waals surface area contributed by atoms with Crippen LogP contribution in [0, 0.1) is 0 Å². The van der Waals surface area contributed by atoms with Crippen LogP contribution in [-0.2, 0) is 15.7 Å². The second-order valence-electron chi connectivity index (χ2n) is 7.94. The highest BCUT2D eigenvalue weighted by Crippen LogP contribution is 2.37. The maximum absolute atomic E-state index is 13.8. The number of nitrogens with zero attached hydrogens (tertiary/aromatic N) is 4. The summed E-state index contributed by atoms with van der Waals surface area (Å²) in [4.78, 5) is 27.9. The quantitative estimate of drug-likeness (QED) is 0.333. The van der Waals surface area contributed by atoms with Crippen LogP contribution >= 0.6 is 0 Å². The van der Waals surface area contributed by atoms with Gasteiger partial charge < -0.3 is 31.1 Å². The molecule has 3 aromatic rings. The molecule has 5 N–H and O–H groups in total. The van der Waals surface area contributed by atoms with Crippen molar-refractivity contribution in [2.45, 2.75) is 12.4 Å². The van der Waals surface area contributed by atoms with Crippen LogP contribution in [0.25, 0.3) is 5.65 Å². The van der Waals surface area contributed by atoms with Gasteiger partial charge in [-0.3, -0.25) is 4.79 Å². The number of rotatable bonds is 6. The van der Waals surface area contributed by atoms with Crippen LogP contribution in [0.2, 0.25) is 0 Å². The molecule has 1 aromatic carbocycles. The van der Waals surface area contributed by atoms with Crippen molar-refractivity contribution in [3.05, 3.63) is 47.8 Å². The van der Waals surface area contributed by atoms with Gasteiger partial charge in [-0.05, 0) is 24.3 Å². The summed E-state index contributed by atoms with van der Waals surface area (Å²) in [5, 5.41) is 16.5. The molecule has 1 saturated heterocycles. The number of anilines is 3. The fraction of sp³-hybridized carbons (Fsp3) is 0.364. The Kier molecular flexibility index (Phi) is 9.18. The molecule has 0 spiro atoms. The van der Waals surface area contributed by atoms with E-state index in [1.807, 2.05) is 4.90 Å². The Morgan fingerprint density at radius 1 is 1.10 bits per heavy atom. The SMILES string of the molecule is NCCNc1ccn2ncc(C(=O)Nc3ccc(N4CCOCC4)cc3C(F)(F)F)c2n1.O=C(O)C(F)(F)F. The standard InChI is InChI=1S/C20H22F3N7O2.C2HF3O2/c21-20(22,23)15-11-13(29-7-9-32-10-8-29)1-2-16(15)27-19(31)14-12-26-30-6-3-17(25-5-4-24)28-18(14)30;3-2(4,5)1(6)7/h1-3,6,11-12H,4-5,7-10,24H2,(H,25,28)(H,27,31);(H,6,7). The molecule has 0 saturated carbocycles. The first-order chi connectivity index (χ1) is 18.3. The number of ether oxygens (including phenoxy) is 1. The molecule has 0 aliphatic carbocycles. The molecule has 0 atom stereocenters. The third kappa shape index (κ3) is 7.70. The number of alkyl halides is 6. The topological polar surface area (TPSA) is 147 Å². The third-order valence-corrected chi connectivity index (χ3v) is 5.24. The van der Waals surface area contributed by atoms with Crippen molar-refractivity contribution in [2.24, 2.45) is 5.73 Å². The summed E-state index contributed by atoms with van der Waals surface area (Å²) in [6.45, 7) is 2.76. The molecule has 1 amide bonds. The molecule has 4 rings (SSSR count). The number of nitrogens with two attached hydrogens (primary N) is 1. The lowest BCUT2D eigenvalue weighted by atomic mass is 10.1. The number of nitrogens with one attached hydrogen (secondary N) is 2. The zero-order valence-electron chi connectivity index (χ0n) is 20.0. The minimum Gasteiger partial charge on any atom is -0.475 e. The van der Waals surface area contributed by atoms with Gasteiger partial charge >= 0.3 is 18.3 Å². The average Bonchev–Trinajstić information content (AvgIpc) is 3.31. The number of benzene rings is 1. The number of hydrogen-bond acceptors (Lipinski definition) is 8. The number of aromatic nitrogens is 3. The number of morpholine rings is 1. The van der Waals surface area contributed by atoms with Crippen LogP contribution in [-0.4, -0.2) is 77.2 Å². The summed E-state index contributed by atoms with van der Waals surface area (Å²) >= 11 is 0. The van der Waals surface area contributed by atoms with E-state index in [1.54, 1.807) is 18.3 Å². The molecule has 39 heavy (non-hydrogen) atoms. The van der Waals surface area contributed by atoms with E-state index in [0.717, 1.165) is 6.07 Å². The van der Waals surface area contributed by atoms with Gasteiger partial charge in [0.25, 0.3) is 5.91 Å². The van der Waals surface area contributed by atoms with Crippen molar-refractivity contribution in [3.63, 3.8) is 0 Å². The summed E-state index contributed by atoms with van der Waals surface area (Å²) in [6.07, 6.45) is -6.88. The number of carbonyl (C=O) groups is 2. The first kappa shape index (κ1) is 29.4. The maximum atomic E-state index is 13.8. The van der Waals surface area contributed by atoms with Crippen LogP contribution in [0.1, 0.15) is 15.9 Å². The van der Waals surface area contributed by atoms with E-state index in [0.29, 0.717) is 50.9 Å². The fourth-order valence-corrected chi connectivity index (χ4v) is 3.41. The van der Waals surface area contributed by atoms with Crippen molar-refractivity contribution in [1.29, 1.82) is 0 Å². The minimum atomic E-state index is -5.08. The molecule has 3 heterocycles. The van der Waals surface area contributed by atoms with Crippen LogP contribution in [0.5, 0.6) is 0 Å². The highest BCUT2D eigenvalue weighted by Gasteiger charge is 2.38. The Morgan fingerprint density at radius 3 is 2.36 bits per heavy atom. The van der Waals surface area contributed by atoms with Gasteiger partial charge in [-0.1, -0.05) is 0 Å². The zero-order valence-corrected chi connectivity index (χ0v) is 20.0. The zero-order chi connectivity index (χ0) is 28.8. The Morgan fingerprint density at radius 2 is 1.77 bits per heavy atom. The van der Waals surface area contributed by atoms with E-state index in [4.69, 9.17) is 20.4 Å². The molecule has 2 aromatic heterocycles. The van der Waals surface area contributed by atoms with Crippen LogP contribution in [0.15, 0.2) is 36.7 Å². The first-order valence-electron chi connectivity index (χ1n) is 11.2. The Balaban J connectivity index is 0.000000532. The number of carbonyl (C=O) groups excluding carboxylic acids is 1. The Bertz CT molecular complexity index is 1310. The minimum absolute atomic E-state index is 0.0479. The highest BCUT2D eigenvalue weighted by molar-refractivity contribution is 6.08. The average molecular weight is 563 g/mol. The molecular formula is C22H23F6N7O4. The predicted molar refractivity (Wildman–Crippen MR) is 127 cm³/mol. The summed E-state index contributed by atoms with van der Waals surface area (Å²) in [7, 11) is 0. The lowest BCUT2D eigenvalue weighted by Crippen LogP contribution is -2.36. The van der Waals surface area contributed by atoms with E-state index < -0.39 is 29.8 Å². The number of fused-ring (bicyclic) bond motifs is 1. The van der Waals surface area contributed by atoms with Gasteiger partial charge in [0.2, 0.25) is 0 Å². The first-order valence-corrected chi connectivity index (χ1v) is 11.2. The molecule has 1 fully saturated rings. The number of carboxylic acid groups (broad SMARTS) is 1. The lowest BCUT2D eigenvalue weighted by molar-refractivity contribution is -0.192. The summed E-state index contributed by atoms with van der Waals surface area (Å²) in [5.41, 5.74) is 4.89. The van der Waals surface area contributed by atoms with Gasteiger partial charge in [0.15, 0.2) is 5.65 Å². The van der Waals surface area contributed by atoms with Crippen molar-refractivity contribution < 1.29 is 45.8 Å².